The minimum Gasteiger partial charge on any atom is -0.494 e. The van der Waals surface area contributed by atoms with Gasteiger partial charge in [-0.1, -0.05) is 12.1 Å². The quantitative estimate of drug-likeness (QED) is 0.249. The summed E-state index contributed by atoms with van der Waals surface area (Å²) in [5.74, 6) is -0.381. The molecule has 4 N–H and O–H groups in total. The van der Waals surface area contributed by atoms with E-state index in [1.807, 2.05) is 29.1 Å². The molecular formula is C32H34N8O6. The van der Waals surface area contributed by atoms with E-state index in [9.17, 15) is 9.59 Å². The molecule has 0 bridgehead atoms. The van der Waals surface area contributed by atoms with Crippen molar-refractivity contribution in [1.29, 1.82) is 0 Å². The maximum absolute atomic E-state index is 12.8. The van der Waals surface area contributed by atoms with Crippen molar-refractivity contribution in [3.63, 3.8) is 0 Å². The second-order valence-corrected chi connectivity index (χ2v) is 11.2. The SMILES string of the molecule is COc1c(Nc2nc(Nc3ccc(C(=O)N4CCOCC4)cc3)ncc2C(N)=O)cccc1-c1cnn([C@@H]2CCC23OCCO3)c1. The molecule has 14 heteroatoms. The van der Waals surface area contributed by atoms with E-state index < -0.39 is 11.7 Å². The largest absolute Gasteiger partial charge is 0.494 e. The van der Waals surface area contributed by atoms with Crippen LogP contribution < -0.4 is 21.1 Å². The molecule has 3 fully saturated rings. The summed E-state index contributed by atoms with van der Waals surface area (Å²) in [6.07, 6.45) is 6.85. The standard InChI is InChI=1S/C32H34N8O6/c1-43-27-23(21-17-35-40(19-21)26-9-10-32(26)45-15-16-46-32)3-2-4-25(27)37-29-24(28(33)41)18-34-31(38-29)36-22-7-5-20(6-8-22)30(42)39-11-13-44-14-12-39/h2-8,17-19,26H,9-16H2,1H3,(H2,33,41)(H2,34,36,37,38)/t26-/m1/s1. The Kier molecular flexibility index (Phi) is 7.98. The van der Waals surface area contributed by atoms with Crippen molar-refractivity contribution in [2.45, 2.75) is 24.7 Å². The fraction of sp³-hybridized carbons (Fsp3) is 0.344. The average molecular weight is 627 g/mol. The van der Waals surface area contributed by atoms with Gasteiger partial charge in [-0.25, -0.2) is 4.98 Å². The summed E-state index contributed by atoms with van der Waals surface area (Å²) in [6, 6.07) is 12.7. The molecule has 7 rings (SSSR count). The molecule has 1 saturated carbocycles. The molecular weight excluding hydrogens is 592 g/mol. The van der Waals surface area contributed by atoms with Crippen LogP contribution in [-0.4, -0.2) is 88.9 Å². The van der Waals surface area contributed by atoms with Gasteiger partial charge in [0, 0.05) is 54.3 Å². The number of nitrogens with one attached hydrogen (secondary N) is 2. The number of methoxy groups -OCH3 is 1. The molecule has 4 aromatic rings. The summed E-state index contributed by atoms with van der Waals surface area (Å²) in [6.45, 7) is 3.38. The minimum atomic E-state index is -0.692. The van der Waals surface area contributed by atoms with Gasteiger partial charge in [0.15, 0.2) is 5.79 Å². The Balaban J connectivity index is 1.11. The molecule has 14 nitrogen and oxygen atoms in total. The van der Waals surface area contributed by atoms with Gasteiger partial charge in [0.1, 0.15) is 23.2 Å². The van der Waals surface area contributed by atoms with Gasteiger partial charge in [-0.05, 0) is 36.8 Å². The Morgan fingerprint density at radius 1 is 1.02 bits per heavy atom. The smallest absolute Gasteiger partial charge is 0.254 e. The van der Waals surface area contributed by atoms with Crippen molar-refractivity contribution in [2.24, 2.45) is 5.73 Å². The second kappa shape index (κ2) is 12.4. The lowest BCUT2D eigenvalue weighted by Gasteiger charge is -2.44. The predicted molar refractivity (Wildman–Crippen MR) is 167 cm³/mol. The molecule has 46 heavy (non-hydrogen) atoms. The summed E-state index contributed by atoms with van der Waals surface area (Å²) >= 11 is 0. The van der Waals surface area contributed by atoms with Gasteiger partial charge < -0.3 is 40.2 Å². The van der Waals surface area contributed by atoms with Crippen LogP contribution in [0.5, 0.6) is 5.75 Å². The highest BCUT2D eigenvalue weighted by Gasteiger charge is 2.53. The summed E-state index contributed by atoms with van der Waals surface area (Å²) in [7, 11) is 1.57. The Bertz CT molecular complexity index is 1750. The number of carbonyl (C=O) groups is 2. The number of para-hydroxylation sites is 1. The molecule has 0 unspecified atom stereocenters. The van der Waals surface area contributed by atoms with Crippen LogP contribution in [-0.2, 0) is 14.2 Å². The van der Waals surface area contributed by atoms with Crippen LogP contribution in [0.25, 0.3) is 11.1 Å². The maximum Gasteiger partial charge on any atom is 0.254 e. The highest BCUT2D eigenvalue weighted by molar-refractivity contribution is 5.98. The number of rotatable bonds is 9. The van der Waals surface area contributed by atoms with E-state index in [1.54, 1.807) is 42.5 Å². The Morgan fingerprint density at radius 3 is 2.50 bits per heavy atom. The molecule has 2 aromatic heterocycles. The van der Waals surface area contributed by atoms with Crippen molar-refractivity contribution in [1.82, 2.24) is 24.6 Å². The Labute approximate surface area is 264 Å². The third kappa shape index (κ3) is 5.62. The molecule has 2 amide bonds. The molecule has 2 aliphatic heterocycles. The Morgan fingerprint density at radius 2 is 1.80 bits per heavy atom. The van der Waals surface area contributed by atoms with Gasteiger partial charge in [-0.3, -0.25) is 14.3 Å². The summed E-state index contributed by atoms with van der Waals surface area (Å²) in [5.41, 5.74) is 9.22. The van der Waals surface area contributed by atoms with E-state index in [1.165, 1.54) is 6.20 Å². The topological polar surface area (TPSA) is 168 Å². The van der Waals surface area contributed by atoms with Crippen LogP contribution in [0.1, 0.15) is 39.6 Å². The summed E-state index contributed by atoms with van der Waals surface area (Å²) in [5, 5.41) is 11.0. The maximum atomic E-state index is 12.8. The number of ether oxygens (including phenoxy) is 4. The van der Waals surface area contributed by atoms with Crippen molar-refractivity contribution < 1.29 is 28.5 Å². The number of hydrogen-bond acceptors (Lipinski definition) is 11. The van der Waals surface area contributed by atoms with Gasteiger partial charge in [0.25, 0.3) is 11.8 Å². The zero-order valence-corrected chi connectivity index (χ0v) is 25.3. The van der Waals surface area contributed by atoms with Gasteiger partial charge in [0.05, 0.1) is 45.4 Å². The number of hydrogen-bond donors (Lipinski definition) is 3. The molecule has 1 atom stereocenters. The fourth-order valence-corrected chi connectivity index (χ4v) is 6.00. The number of benzene rings is 2. The van der Waals surface area contributed by atoms with Crippen LogP contribution in [0, 0.1) is 0 Å². The number of nitrogens with two attached hydrogens (primary N) is 1. The molecule has 2 aromatic carbocycles. The number of carbonyl (C=O) groups excluding carboxylic acids is 2. The van der Waals surface area contributed by atoms with Crippen molar-refractivity contribution in [2.75, 3.05) is 57.3 Å². The number of nitrogens with zero attached hydrogens (tertiary/aromatic N) is 5. The number of aromatic nitrogens is 4. The molecule has 1 spiro atoms. The second-order valence-electron chi connectivity index (χ2n) is 11.2. The monoisotopic (exact) mass is 626 g/mol. The number of amides is 2. The van der Waals surface area contributed by atoms with Gasteiger partial charge in [0.2, 0.25) is 5.95 Å². The van der Waals surface area contributed by atoms with Gasteiger partial charge in [-0.2, -0.15) is 10.1 Å². The molecule has 0 radical (unpaired) electrons. The van der Waals surface area contributed by atoms with E-state index >= 15 is 0 Å². The first-order valence-electron chi connectivity index (χ1n) is 15.1. The van der Waals surface area contributed by atoms with Crippen molar-refractivity contribution in [3.8, 4) is 16.9 Å². The number of morpholine rings is 1. The lowest BCUT2D eigenvalue weighted by atomic mass is 9.85. The first kappa shape index (κ1) is 29.6. The summed E-state index contributed by atoms with van der Waals surface area (Å²) in [4.78, 5) is 35.8. The van der Waals surface area contributed by atoms with Crippen LogP contribution in [0.15, 0.2) is 61.1 Å². The van der Waals surface area contributed by atoms with Crippen LogP contribution in [0.3, 0.4) is 0 Å². The third-order valence-corrected chi connectivity index (χ3v) is 8.49. The first-order valence-corrected chi connectivity index (χ1v) is 15.1. The lowest BCUT2D eigenvalue weighted by molar-refractivity contribution is -0.242. The predicted octanol–water partition coefficient (Wildman–Crippen LogP) is 3.49. The van der Waals surface area contributed by atoms with E-state index in [-0.39, 0.29) is 29.3 Å². The zero-order chi connectivity index (χ0) is 31.7. The average Bonchev–Trinajstić information content (AvgIpc) is 3.77. The van der Waals surface area contributed by atoms with Crippen molar-refractivity contribution in [3.05, 3.63) is 72.2 Å². The molecule has 2 saturated heterocycles. The van der Waals surface area contributed by atoms with Gasteiger partial charge in [-0.15, -0.1) is 0 Å². The molecule has 1 aliphatic carbocycles. The zero-order valence-electron chi connectivity index (χ0n) is 25.3. The van der Waals surface area contributed by atoms with Crippen LogP contribution in [0.2, 0.25) is 0 Å². The van der Waals surface area contributed by atoms with Crippen molar-refractivity contribution >= 4 is 35.0 Å². The number of primary amides is 1. The van der Waals surface area contributed by atoms with E-state index in [4.69, 9.17) is 24.7 Å². The van der Waals surface area contributed by atoms with Gasteiger partial charge >= 0.3 is 0 Å². The Hall–Kier alpha value is -5.05. The molecule has 3 aliphatic rings. The minimum absolute atomic E-state index is 0.00239. The highest BCUT2D eigenvalue weighted by Crippen LogP contribution is 2.48. The van der Waals surface area contributed by atoms with E-state index in [2.05, 4.69) is 25.7 Å². The van der Waals surface area contributed by atoms with Crippen LogP contribution >= 0.6 is 0 Å². The van der Waals surface area contributed by atoms with E-state index in [0.29, 0.717) is 62.2 Å². The fourth-order valence-electron chi connectivity index (χ4n) is 6.00. The third-order valence-electron chi connectivity index (χ3n) is 8.49. The van der Waals surface area contributed by atoms with E-state index in [0.717, 1.165) is 24.0 Å². The molecule has 238 valence electrons. The highest BCUT2D eigenvalue weighted by atomic mass is 16.7. The lowest BCUT2D eigenvalue weighted by Crippen LogP contribution is -2.49. The first-order chi connectivity index (χ1) is 22.4. The number of anilines is 4. The normalized spacial score (nSPS) is 18.6. The molecule has 4 heterocycles. The summed E-state index contributed by atoms with van der Waals surface area (Å²) < 4.78 is 24.9. The van der Waals surface area contributed by atoms with Crippen LogP contribution in [0.4, 0.5) is 23.1 Å².